The molecule has 2 N–H and O–H groups in total. The van der Waals surface area contributed by atoms with E-state index >= 15 is 0 Å². The van der Waals surface area contributed by atoms with Gasteiger partial charge in [0.25, 0.3) is 0 Å². The van der Waals surface area contributed by atoms with Crippen molar-refractivity contribution in [2.75, 3.05) is 30.8 Å². The largest absolute Gasteiger partial charge is 0.326 e. The summed E-state index contributed by atoms with van der Waals surface area (Å²) in [6, 6.07) is 7.33. The first kappa shape index (κ1) is 19.4. The Morgan fingerprint density at radius 3 is 2.24 bits per heavy atom. The monoisotopic (exact) mass is 345 g/mol. The van der Waals surface area contributed by atoms with Crippen LogP contribution in [0.3, 0.4) is 0 Å². The zero-order chi connectivity index (χ0) is 18.1. The van der Waals surface area contributed by atoms with Crippen molar-refractivity contribution in [2.24, 2.45) is 5.92 Å². The quantitative estimate of drug-likeness (QED) is 0.752. The Morgan fingerprint density at radius 2 is 1.68 bits per heavy atom. The molecule has 1 heterocycles. The fraction of sp³-hybridized carbons (Fsp3) is 0.600. The lowest BCUT2D eigenvalue weighted by atomic mass is 9.93. The molecule has 1 aromatic carbocycles. The average Bonchev–Trinajstić information content (AvgIpc) is 2.60. The molecule has 2 rings (SSSR count). The van der Waals surface area contributed by atoms with E-state index in [0.29, 0.717) is 18.8 Å². The predicted molar refractivity (Wildman–Crippen MR) is 103 cm³/mol. The molecule has 0 bridgehead atoms. The van der Waals surface area contributed by atoms with Gasteiger partial charge in [0, 0.05) is 30.8 Å². The van der Waals surface area contributed by atoms with Crippen molar-refractivity contribution < 1.29 is 9.59 Å². The predicted octanol–water partition coefficient (Wildman–Crippen LogP) is 3.88. The van der Waals surface area contributed by atoms with Crippen LogP contribution in [0, 0.1) is 5.92 Å². The van der Waals surface area contributed by atoms with Crippen LogP contribution < -0.4 is 10.6 Å². The van der Waals surface area contributed by atoms with E-state index in [0.717, 1.165) is 37.2 Å². The summed E-state index contributed by atoms with van der Waals surface area (Å²) in [6.45, 7) is 4.33. The molecule has 1 aromatic rings. The lowest BCUT2D eigenvalue weighted by Gasteiger charge is -2.29. The van der Waals surface area contributed by atoms with E-state index in [4.69, 9.17) is 0 Å². The standard InChI is InChI=1S/C20H31N3O2/c1-3-4-7-19(24)21-17-9-11-18(12-10-17)22-20(25)13-8-16-6-5-14-23(2)15-16/h9-12,16H,3-8,13-15H2,1-2H3,(H,21,24)(H,22,25)/t16-/m1/s1. The first-order chi connectivity index (χ1) is 12.1. The van der Waals surface area contributed by atoms with E-state index < -0.39 is 0 Å². The third-order valence-electron chi connectivity index (χ3n) is 4.71. The number of amides is 2. The number of hydrogen-bond acceptors (Lipinski definition) is 3. The lowest BCUT2D eigenvalue weighted by molar-refractivity contribution is -0.117. The van der Waals surface area contributed by atoms with E-state index in [1.807, 2.05) is 24.3 Å². The Morgan fingerprint density at radius 1 is 1.08 bits per heavy atom. The smallest absolute Gasteiger partial charge is 0.224 e. The molecule has 0 aliphatic carbocycles. The molecule has 138 valence electrons. The molecule has 0 radical (unpaired) electrons. The fourth-order valence-electron chi connectivity index (χ4n) is 3.27. The molecular formula is C20H31N3O2. The summed E-state index contributed by atoms with van der Waals surface area (Å²) < 4.78 is 0. The molecule has 1 atom stereocenters. The van der Waals surface area contributed by atoms with Crippen molar-refractivity contribution in [2.45, 2.75) is 51.9 Å². The Bertz CT molecular complexity index is 557. The third kappa shape index (κ3) is 7.26. The van der Waals surface area contributed by atoms with Crippen LogP contribution in [0.5, 0.6) is 0 Å². The van der Waals surface area contributed by atoms with Crippen molar-refractivity contribution in [1.29, 1.82) is 0 Å². The van der Waals surface area contributed by atoms with Crippen LogP contribution in [0.15, 0.2) is 24.3 Å². The van der Waals surface area contributed by atoms with E-state index in [2.05, 4.69) is 29.5 Å². The van der Waals surface area contributed by atoms with Crippen LogP contribution in [0.25, 0.3) is 0 Å². The van der Waals surface area contributed by atoms with Gasteiger partial charge in [0.05, 0.1) is 0 Å². The molecule has 0 aromatic heterocycles. The minimum Gasteiger partial charge on any atom is -0.326 e. The van der Waals surface area contributed by atoms with Crippen LogP contribution in [-0.4, -0.2) is 36.9 Å². The number of hydrogen-bond donors (Lipinski definition) is 2. The van der Waals surface area contributed by atoms with Gasteiger partial charge in [-0.1, -0.05) is 13.3 Å². The van der Waals surface area contributed by atoms with Crippen LogP contribution >= 0.6 is 0 Å². The van der Waals surface area contributed by atoms with E-state index in [1.165, 1.54) is 19.4 Å². The van der Waals surface area contributed by atoms with Crippen molar-refractivity contribution >= 4 is 23.2 Å². The van der Waals surface area contributed by atoms with Gasteiger partial charge in [-0.2, -0.15) is 0 Å². The van der Waals surface area contributed by atoms with E-state index in [1.54, 1.807) is 0 Å². The lowest BCUT2D eigenvalue weighted by Crippen LogP contribution is -2.32. The van der Waals surface area contributed by atoms with Gasteiger partial charge in [-0.25, -0.2) is 0 Å². The maximum atomic E-state index is 12.1. The zero-order valence-corrected chi connectivity index (χ0v) is 15.5. The fourth-order valence-corrected chi connectivity index (χ4v) is 3.27. The van der Waals surface area contributed by atoms with Crippen LogP contribution in [0.2, 0.25) is 0 Å². The molecule has 1 aliphatic heterocycles. The first-order valence-corrected chi connectivity index (χ1v) is 9.45. The zero-order valence-electron chi connectivity index (χ0n) is 15.5. The highest BCUT2D eigenvalue weighted by Gasteiger charge is 2.18. The van der Waals surface area contributed by atoms with Crippen LogP contribution in [0.1, 0.15) is 51.9 Å². The van der Waals surface area contributed by atoms with Crippen molar-refractivity contribution in [1.82, 2.24) is 4.90 Å². The summed E-state index contributed by atoms with van der Waals surface area (Å²) in [6.07, 6.45) is 6.42. The minimum atomic E-state index is 0.0380. The number of carbonyl (C=O) groups excluding carboxylic acids is 2. The Labute approximate surface area is 151 Å². The maximum absolute atomic E-state index is 12.1. The summed E-state index contributed by atoms with van der Waals surface area (Å²) in [5.41, 5.74) is 1.54. The summed E-state index contributed by atoms with van der Waals surface area (Å²) in [5.74, 6) is 0.731. The van der Waals surface area contributed by atoms with Gasteiger partial charge in [0.2, 0.25) is 11.8 Å². The molecule has 2 amide bonds. The van der Waals surface area contributed by atoms with Crippen LogP contribution in [-0.2, 0) is 9.59 Å². The van der Waals surface area contributed by atoms with Crippen molar-refractivity contribution in [3.63, 3.8) is 0 Å². The van der Waals surface area contributed by atoms with Gasteiger partial charge in [0.15, 0.2) is 0 Å². The molecule has 0 unspecified atom stereocenters. The van der Waals surface area contributed by atoms with Gasteiger partial charge >= 0.3 is 0 Å². The van der Waals surface area contributed by atoms with Gasteiger partial charge in [-0.05, 0) is 69.5 Å². The highest BCUT2D eigenvalue weighted by Crippen LogP contribution is 2.20. The molecule has 1 fully saturated rings. The number of piperidine rings is 1. The number of nitrogens with zero attached hydrogens (tertiary/aromatic N) is 1. The second kappa shape index (κ2) is 10.2. The Hall–Kier alpha value is -1.88. The SMILES string of the molecule is CCCCC(=O)Nc1ccc(NC(=O)CC[C@H]2CCCN(C)C2)cc1. The molecular weight excluding hydrogens is 314 g/mol. The molecule has 1 saturated heterocycles. The molecule has 25 heavy (non-hydrogen) atoms. The van der Waals surface area contributed by atoms with Gasteiger partial charge < -0.3 is 15.5 Å². The topological polar surface area (TPSA) is 61.4 Å². The number of rotatable bonds is 8. The number of benzene rings is 1. The summed E-state index contributed by atoms with van der Waals surface area (Å²) in [4.78, 5) is 26.2. The maximum Gasteiger partial charge on any atom is 0.224 e. The van der Waals surface area contributed by atoms with Crippen molar-refractivity contribution in [3.8, 4) is 0 Å². The molecule has 5 nitrogen and oxygen atoms in total. The van der Waals surface area contributed by atoms with Crippen molar-refractivity contribution in [3.05, 3.63) is 24.3 Å². The number of unbranched alkanes of at least 4 members (excludes halogenated alkanes) is 1. The molecule has 1 aliphatic rings. The molecule has 0 saturated carbocycles. The summed E-state index contributed by atoms with van der Waals surface area (Å²) in [5, 5.41) is 5.82. The Balaban J connectivity index is 1.72. The minimum absolute atomic E-state index is 0.0380. The third-order valence-corrected chi connectivity index (χ3v) is 4.71. The number of nitrogens with one attached hydrogen (secondary N) is 2. The van der Waals surface area contributed by atoms with Gasteiger partial charge in [0.1, 0.15) is 0 Å². The second-order valence-electron chi connectivity index (χ2n) is 7.09. The van der Waals surface area contributed by atoms with E-state index in [-0.39, 0.29) is 11.8 Å². The normalized spacial score (nSPS) is 17.9. The number of anilines is 2. The first-order valence-electron chi connectivity index (χ1n) is 9.45. The summed E-state index contributed by atoms with van der Waals surface area (Å²) in [7, 11) is 2.15. The molecule has 5 heteroatoms. The highest BCUT2D eigenvalue weighted by molar-refractivity contribution is 5.92. The number of carbonyl (C=O) groups is 2. The average molecular weight is 345 g/mol. The van der Waals surface area contributed by atoms with Gasteiger partial charge in [-0.15, -0.1) is 0 Å². The van der Waals surface area contributed by atoms with Gasteiger partial charge in [-0.3, -0.25) is 9.59 Å². The van der Waals surface area contributed by atoms with Crippen LogP contribution in [0.4, 0.5) is 11.4 Å². The Kier molecular flexibility index (Phi) is 7.92. The summed E-state index contributed by atoms with van der Waals surface area (Å²) >= 11 is 0. The highest BCUT2D eigenvalue weighted by atomic mass is 16.2. The second-order valence-corrected chi connectivity index (χ2v) is 7.09. The molecule has 0 spiro atoms. The van der Waals surface area contributed by atoms with E-state index in [9.17, 15) is 9.59 Å². The number of likely N-dealkylation sites (tertiary alicyclic amines) is 1.